The van der Waals surface area contributed by atoms with Crippen molar-refractivity contribution in [1.29, 1.82) is 0 Å². The molecule has 6 heterocycles. The second kappa shape index (κ2) is 17.5. The van der Waals surface area contributed by atoms with Crippen molar-refractivity contribution in [1.82, 2.24) is 24.8 Å². The van der Waals surface area contributed by atoms with E-state index in [0.717, 1.165) is 45.2 Å². The summed E-state index contributed by atoms with van der Waals surface area (Å²) in [5, 5.41) is 1.45. The van der Waals surface area contributed by atoms with Crippen LogP contribution in [0.15, 0.2) is 42.6 Å². The summed E-state index contributed by atoms with van der Waals surface area (Å²) in [6, 6.07) is 6.33. The molecule has 4 aromatic rings. The highest BCUT2D eigenvalue weighted by Gasteiger charge is 2.48. The molecule has 11 nitrogen and oxygen atoms in total. The highest BCUT2D eigenvalue weighted by Crippen LogP contribution is 2.45. The Bertz CT molecular complexity index is 2500. The molecule has 0 aliphatic carbocycles. The van der Waals surface area contributed by atoms with E-state index >= 15 is 8.78 Å². The first-order valence-corrected chi connectivity index (χ1v) is 25.2. The van der Waals surface area contributed by atoms with E-state index < -0.39 is 25.3 Å². The molecule has 2 aromatic carbocycles. The van der Waals surface area contributed by atoms with Gasteiger partial charge in [0.15, 0.2) is 12.6 Å². The fraction of sp³-hybridized carbons (Fsp3) is 0.560. The number of nitrogens with zero attached hydrogens (tertiary/aromatic N) is 6. The average Bonchev–Trinajstić information content (AvgIpc) is 3.85. The Morgan fingerprint density at radius 1 is 1.02 bits per heavy atom. The number of amides is 1. The highest BCUT2D eigenvalue weighted by molar-refractivity contribution is 6.90. The molecule has 0 saturated carbocycles. The number of halogens is 2. The predicted octanol–water partition coefficient (Wildman–Crippen LogP) is 10.4. The van der Waals surface area contributed by atoms with E-state index in [0.29, 0.717) is 69.6 Å². The van der Waals surface area contributed by atoms with Crippen molar-refractivity contribution in [2.45, 2.75) is 134 Å². The van der Waals surface area contributed by atoms with Crippen molar-refractivity contribution in [2.75, 3.05) is 51.6 Å². The van der Waals surface area contributed by atoms with Gasteiger partial charge in [0.25, 0.3) is 0 Å². The quantitative estimate of drug-likeness (QED) is 0.0626. The molecular weight excluding hydrogens is 831 g/mol. The smallest absolute Gasteiger partial charge is 0.410 e. The van der Waals surface area contributed by atoms with Crippen LogP contribution in [0.25, 0.3) is 32.9 Å². The van der Waals surface area contributed by atoms with E-state index in [1.54, 1.807) is 24.4 Å². The zero-order chi connectivity index (χ0) is 45.9. The molecule has 64 heavy (non-hydrogen) atoms. The van der Waals surface area contributed by atoms with Gasteiger partial charge in [0.05, 0.1) is 28.6 Å². The summed E-state index contributed by atoms with van der Waals surface area (Å²) in [4.78, 5) is 34.5. The minimum Gasteiger partial charge on any atom is -0.468 e. The Hall–Kier alpha value is -4.84. The molecule has 2 unspecified atom stereocenters. The minimum atomic E-state index is -2.31. The second-order valence-corrected chi connectivity index (χ2v) is 25.9. The zero-order valence-electron chi connectivity index (χ0n) is 39.2. The van der Waals surface area contributed by atoms with E-state index in [2.05, 4.69) is 69.4 Å². The van der Waals surface area contributed by atoms with Crippen LogP contribution in [0.5, 0.6) is 11.8 Å². The number of piperazine rings is 1. The van der Waals surface area contributed by atoms with Gasteiger partial charge in [-0.2, -0.15) is 9.97 Å². The molecule has 0 radical (unpaired) electrons. The van der Waals surface area contributed by atoms with Gasteiger partial charge in [-0.3, -0.25) is 14.8 Å². The number of benzene rings is 2. The molecule has 0 spiro atoms. The van der Waals surface area contributed by atoms with E-state index in [-0.39, 0.29) is 53.3 Å². The van der Waals surface area contributed by atoms with Crippen LogP contribution in [-0.4, -0.2) is 109 Å². The van der Waals surface area contributed by atoms with Gasteiger partial charge in [-0.05, 0) is 99.6 Å². The summed E-state index contributed by atoms with van der Waals surface area (Å²) in [5.74, 6) is 3.03. The number of rotatable bonds is 11. The maximum absolute atomic E-state index is 17.9. The van der Waals surface area contributed by atoms with Crippen LogP contribution < -0.4 is 14.4 Å². The third-order valence-corrected chi connectivity index (χ3v) is 20.4. The van der Waals surface area contributed by atoms with Crippen LogP contribution in [0.4, 0.5) is 19.4 Å². The number of methoxy groups -OCH3 is 1. The third-order valence-electron chi connectivity index (χ3n) is 14.1. The van der Waals surface area contributed by atoms with Crippen LogP contribution >= 0.6 is 0 Å². The summed E-state index contributed by atoms with van der Waals surface area (Å²) in [6.45, 7) is 26.2. The van der Waals surface area contributed by atoms with E-state index in [1.807, 2.05) is 25.7 Å². The summed E-state index contributed by atoms with van der Waals surface area (Å²) < 4.78 is 57.9. The molecule has 4 aliphatic heterocycles. The van der Waals surface area contributed by atoms with E-state index in [9.17, 15) is 4.79 Å². The van der Waals surface area contributed by atoms with Crippen LogP contribution in [0, 0.1) is 23.1 Å². The molecule has 3 atom stereocenters. The zero-order valence-corrected chi connectivity index (χ0v) is 40.2. The minimum absolute atomic E-state index is 0.0229. The predicted molar refractivity (Wildman–Crippen MR) is 251 cm³/mol. The van der Waals surface area contributed by atoms with Crippen molar-refractivity contribution < 1.29 is 32.5 Å². The normalized spacial score (nSPS) is 21.4. The first-order chi connectivity index (χ1) is 30.4. The number of anilines is 1. The Morgan fingerprint density at radius 3 is 2.38 bits per heavy atom. The lowest BCUT2D eigenvalue weighted by Crippen LogP contribution is -2.57. The molecule has 8 rings (SSSR count). The summed E-state index contributed by atoms with van der Waals surface area (Å²) in [5.41, 5.74) is 5.44. The van der Waals surface area contributed by atoms with Crippen LogP contribution in [0.3, 0.4) is 0 Å². The Labute approximate surface area is 377 Å². The number of carbonyl (C=O) groups is 1. The largest absolute Gasteiger partial charge is 0.468 e. The van der Waals surface area contributed by atoms with Crippen molar-refractivity contribution >= 4 is 41.7 Å². The van der Waals surface area contributed by atoms with Gasteiger partial charge in [0.2, 0.25) is 0 Å². The second-order valence-electron chi connectivity index (χ2n) is 20.3. The fourth-order valence-corrected chi connectivity index (χ4v) is 16.6. The summed E-state index contributed by atoms with van der Waals surface area (Å²) >= 11 is 0. The number of pyridine rings is 1. The van der Waals surface area contributed by atoms with Gasteiger partial charge in [-0.15, -0.1) is 5.54 Å². The molecule has 1 amide bonds. The maximum atomic E-state index is 17.9. The lowest BCUT2D eigenvalue weighted by molar-refractivity contribution is 0.0122. The molecule has 0 N–H and O–H groups in total. The molecule has 4 saturated heterocycles. The Morgan fingerprint density at radius 2 is 1.72 bits per heavy atom. The molecule has 2 aromatic heterocycles. The monoisotopic (exact) mass is 894 g/mol. The Balaban J connectivity index is 1.29. The van der Waals surface area contributed by atoms with Crippen molar-refractivity contribution in [2.24, 2.45) is 0 Å². The van der Waals surface area contributed by atoms with E-state index in [4.69, 9.17) is 33.9 Å². The lowest BCUT2D eigenvalue weighted by Gasteiger charge is -2.42. The number of hydrogen-bond acceptors (Lipinski definition) is 10. The van der Waals surface area contributed by atoms with Crippen LogP contribution in [0.2, 0.25) is 16.6 Å². The summed E-state index contributed by atoms with van der Waals surface area (Å²) in [7, 11) is -0.786. The number of carbonyl (C=O) groups excluding carboxylic acids is 1. The average molecular weight is 895 g/mol. The van der Waals surface area contributed by atoms with Crippen molar-refractivity contribution in [3.8, 4) is 34.5 Å². The molecule has 2 bridgehead atoms. The van der Waals surface area contributed by atoms with Gasteiger partial charge >= 0.3 is 12.1 Å². The van der Waals surface area contributed by atoms with Crippen molar-refractivity contribution in [3.63, 3.8) is 0 Å². The van der Waals surface area contributed by atoms with Crippen molar-refractivity contribution in [3.05, 3.63) is 59.8 Å². The number of hydrogen-bond donors (Lipinski definition) is 0. The molecule has 342 valence electrons. The number of fused-ring (bicyclic) bond motifs is 5. The first kappa shape index (κ1) is 45.7. The number of aromatic nitrogens is 3. The Kier molecular flexibility index (Phi) is 12.5. The summed E-state index contributed by atoms with van der Waals surface area (Å²) in [6.07, 6.45) is 5.70. The number of ether oxygens (including phenoxy) is 4. The van der Waals surface area contributed by atoms with Gasteiger partial charge in [0, 0.05) is 43.9 Å². The standard InChI is InChI=1S/C50H64F2N6O5Si/c1-30(2)64(31(3)4,32(5)6)20-17-38-41(51)16-13-34-21-37(62-29-60-11)22-39(42(34)38)44-43(52)45-40(24-53-44)46(55-47(54-45)61-28-50-18-12-19-57(50)25-33(7)23-50)56-26-35-14-15-36(27-56)58(35)48(59)63-49(8,9)10/h13,16,21-22,24,30-32,35-36H,7,12,14-15,18-19,23,25-29H2,1-6,8-11H3/t35?,36?,50-/m0/s1. The lowest BCUT2D eigenvalue weighted by atomic mass is 9.94. The van der Waals surface area contributed by atoms with Gasteiger partial charge in [0.1, 0.15) is 48.9 Å². The first-order valence-electron chi connectivity index (χ1n) is 22.9. The van der Waals surface area contributed by atoms with Crippen LogP contribution in [-0.2, 0) is 9.47 Å². The molecular formula is C50H64F2N6O5Si. The SMILES string of the molecule is C=C1CN2CCC[C@@]2(COc2nc(N3CC4CCC(C3)N4C(=O)OC(C)(C)C)c3cnc(-c4cc(OCOC)cc5ccc(F)c(C#C[Si](C(C)C)(C(C)C)C(C)C)c45)c(F)c3n2)C1. The molecule has 4 aliphatic rings. The molecule has 4 fully saturated rings. The molecule has 14 heteroatoms. The third kappa shape index (κ3) is 8.32. The van der Waals surface area contributed by atoms with Gasteiger partial charge in [-0.1, -0.05) is 65.7 Å². The highest BCUT2D eigenvalue weighted by atomic mass is 28.3. The van der Waals surface area contributed by atoms with Gasteiger partial charge < -0.3 is 23.8 Å². The fourth-order valence-electron chi connectivity index (χ4n) is 11.4. The van der Waals surface area contributed by atoms with Crippen LogP contribution in [0.1, 0.15) is 100.0 Å². The maximum Gasteiger partial charge on any atom is 0.410 e. The van der Waals surface area contributed by atoms with E-state index in [1.165, 1.54) is 18.7 Å². The van der Waals surface area contributed by atoms with Gasteiger partial charge in [-0.25, -0.2) is 13.6 Å². The topological polar surface area (TPSA) is 102 Å².